The fraction of sp³-hybridized carbons (Fsp3) is 0.263. The average Bonchev–Trinajstić information content (AvgIpc) is 2.89. The van der Waals surface area contributed by atoms with E-state index in [1.807, 2.05) is 47.8 Å². The number of anilines is 1. The van der Waals surface area contributed by atoms with Crippen molar-refractivity contribution < 1.29 is 19.6 Å². The van der Waals surface area contributed by atoms with Crippen molar-refractivity contribution in [3.8, 4) is 5.75 Å². The molecule has 3 rings (SSSR count). The molecule has 0 aliphatic carbocycles. The summed E-state index contributed by atoms with van der Waals surface area (Å²) in [6.45, 7) is 0.749. The highest BCUT2D eigenvalue weighted by Gasteiger charge is 2.41. The molecule has 1 aliphatic heterocycles. The van der Waals surface area contributed by atoms with Gasteiger partial charge in [-0.25, -0.2) is 4.90 Å². The molecule has 5 nitrogen and oxygen atoms in total. The minimum Gasteiger partial charge on any atom is -0.497 e. The number of nitrogens with two attached hydrogens (primary N) is 1. The van der Waals surface area contributed by atoms with Crippen LogP contribution >= 0.6 is 0 Å². The Balaban J connectivity index is 1.58. The van der Waals surface area contributed by atoms with Crippen molar-refractivity contribution in [1.82, 2.24) is 0 Å². The number of amides is 2. The largest absolute Gasteiger partial charge is 0.497 e. The van der Waals surface area contributed by atoms with E-state index in [4.69, 9.17) is 4.74 Å². The van der Waals surface area contributed by atoms with Crippen molar-refractivity contribution in [2.75, 3.05) is 18.6 Å². The lowest BCUT2D eigenvalue weighted by molar-refractivity contribution is -0.674. The van der Waals surface area contributed by atoms with Gasteiger partial charge in [-0.05, 0) is 29.8 Å². The first-order valence-corrected chi connectivity index (χ1v) is 8.07. The molecule has 0 radical (unpaired) electrons. The first-order chi connectivity index (χ1) is 11.7. The lowest BCUT2D eigenvalue weighted by Gasteiger charge is -2.14. The van der Waals surface area contributed by atoms with Crippen LogP contribution in [-0.4, -0.2) is 31.5 Å². The van der Waals surface area contributed by atoms with Gasteiger partial charge < -0.3 is 10.1 Å². The zero-order valence-corrected chi connectivity index (χ0v) is 13.6. The highest BCUT2D eigenvalue weighted by molar-refractivity contribution is 6.21. The molecule has 2 N–H and O–H groups in total. The number of ether oxygens (including phenoxy) is 1. The maximum atomic E-state index is 12.5. The van der Waals surface area contributed by atoms with Crippen molar-refractivity contribution in [2.45, 2.75) is 18.9 Å². The molecule has 2 amide bonds. The summed E-state index contributed by atoms with van der Waals surface area (Å²) in [5.74, 6) is 0.570. The first-order valence-electron chi connectivity index (χ1n) is 8.07. The van der Waals surface area contributed by atoms with Gasteiger partial charge in [0, 0.05) is 6.42 Å². The number of nitrogens with zero attached hydrogens (tertiary/aromatic N) is 1. The molecule has 124 valence electrons. The first kappa shape index (κ1) is 16.2. The van der Waals surface area contributed by atoms with Crippen molar-refractivity contribution in [2.24, 2.45) is 0 Å². The van der Waals surface area contributed by atoms with Crippen molar-refractivity contribution in [3.63, 3.8) is 0 Å². The zero-order chi connectivity index (χ0) is 16.9. The molecule has 0 spiro atoms. The second-order valence-corrected chi connectivity index (χ2v) is 5.84. The van der Waals surface area contributed by atoms with Crippen LogP contribution in [0.2, 0.25) is 0 Å². The van der Waals surface area contributed by atoms with E-state index in [2.05, 4.69) is 0 Å². The lowest BCUT2D eigenvalue weighted by Crippen LogP contribution is -2.92. The van der Waals surface area contributed by atoms with E-state index >= 15 is 0 Å². The van der Waals surface area contributed by atoms with Gasteiger partial charge in [-0.1, -0.05) is 30.3 Å². The molecule has 0 bridgehead atoms. The van der Waals surface area contributed by atoms with Gasteiger partial charge in [-0.3, -0.25) is 9.59 Å². The number of rotatable bonds is 6. The Bertz CT molecular complexity index is 730. The smallest absolute Gasteiger partial charge is 0.292 e. The quantitative estimate of drug-likeness (QED) is 0.810. The standard InChI is InChI=1S/C19H20N2O3/c1-24-16-9-5-6-14(12-16)10-11-20-17-13-18(22)21(19(17)23)15-7-3-2-4-8-15/h2-9,12,17,20H,10-11,13H2,1H3/p+1/t17-/m0/s1. The van der Waals surface area contributed by atoms with Gasteiger partial charge in [0.1, 0.15) is 5.75 Å². The molecule has 1 aliphatic rings. The summed E-state index contributed by atoms with van der Waals surface area (Å²) in [6, 6.07) is 16.7. The Labute approximate surface area is 141 Å². The minimum atomic E-state index is -0.330. The second kappa shape index (κ2) is 7.27. The number of hydrogen-bond donors (Lipinski definition) is 1. The molecule has 1 saturated heterocycles. The molecule has 24 heavy (non-hydrogen) atoms. The summed E-state index contributed by atoms with van der Waals surface area (Å²) >= 11 is 0. The average molecular weight is 325 g/mol. The zero-order valence-electron chi connectivity index (χ0n) is 13.6. The van der Waals surface area contributed by atoms with Crippen LogP contribution in [0.25, 0.3) is 0 Å². The summed E-state index contributed by atoms with van der Waals surface area (Å²) in [5, 5.41) is 1.96. The number of hydrogen-bond acceptors (Lipinski definition) is 3. The molecule has 1 heterocycles. The molecule has 0 aromatic heterocycles. The van der Waals surface area contributed by atoms with Crippen LogP contribution in [0, 0.1) is 0 Å². The third kappa shape index (κ3) is 3.46. The predicted octanol–water partition coefficient (Wildman–Crippen LogP) is 1.13. The SMILES string of the molecule is COc1cccc(CC[NH2+][C@H]2CC(=O)N(c3ccccc3)C2=O)c1. The molecule has 2 aromatic carbocycles. The van der Waals surface area contributed by atoms with E-state index < -0.39 is 0 Å². The number of benzene rings is 2. The number of methoxy groups -OCH3 is 1. The van der Waals surface area contributed by atoms with Crippen molar-refractivity contribution >= 4 is 17.5 Å². The maximum Gasteiger partial charge on any atom is 0.292 e. The van der Waals surface area contributed by atoms with Gasteiger partial charge >= 0.3 is 0 Å². The molecule has 2 aromatic rings. The summed E-state index contributed by atoms with van der Waals surface area (Å²) in [5.41, 5.74) is 1.80. The normalized spacial score (nSPS) is 17.4. The highest BCUT2D eigenvalue weighted by Crippen LogP contribution is 2.21. The topological polar surface area (TPSA) is 63.2 Å². The lowest BCUT2D eigenvalue weighted by atomic mass is 10.1. The second-order valence-electron chi connectivity index (χ2n) is 5.84. The highest BCUT2D eigenvalue weighted by atomic mass is 16.5. The third-order valence-electron chi connectivity index (χ3n) is 4.21. The van der Waals surface area contributed by atoms with Crippen LogP contribution in [0.15, 0.2) is 54.6 Å². The summed E-state index contributed by atoms with van der Waals surface area (Å²) < 4.78 is 5.21. The van der Waals surface area contributed by atoms with Gasteiger partial charge in [0.15, 0.2) is 6.04 Å². The van der Waals surface area contributed by atoms with Gasteiger partial charge in [0.25, 0.3) is 5.91 Å². The van der Waals surface area contributed by atoms with Crippen LogP contribution in [0.5, 0.6) is 5.75 Å². The van der Waals surface area contributed by atoms with Gasteiger partial charge in [0.05, 0.1) is 25.8 Å². The summed E-state index contributed by atoms with van der Waals surface area (Å²) in [7, 11) is 1.65. The maximum absolute atomic E-state index is 12.5. The fourth-order valence-corrected chi connectivity index (χ4v) is 2.97. The molecular formula is C19H21N2O3+. The molecule has 0 unspecified atom stereocenters. The Kier molecular flexibility index (Phi) is 4.91. The number of carbonyl (C=O) groups is 2. The summed E-state index contributed by atoms with van der Waals surface area (Å²) in [4.78, 5) is 26.0. The Morgan fingerprint density at radius 1 is 1.12 bits per heavy atom. The van der Waals surface area contributed by atoms with E-state index in [-0.39, 0.29) is 24.3 Å². The third-order valence-corrected chi connectivity index (χ3v) is 4.21. The van der Waals surface area contributed by atoms with Gasteiger partial charge in [-0.15, -0.1) is 0 Å². The van der Waals surface area contributed by atoms with E-state index in [1.54, 1.807) is 19.2 Å². The molecule has 5 heteroatoms. The van der Waals surface area contributed by atoms with E-state index in [1.165, 1.54) is 4.90 Å². The summed E-state index contributed by atoms with van der Waals surface area (Å²) in [6.07, 6.45) is 1.08. The van der Waals surface area contributed by atoms with E-state index in [9.17, 15) is 9.59 Å². The molecule has 1 atom stereocenters. The molecule has 0 saturated carbocycles. The predicted molar refractivity (Wildman–Crippen MR) is 90.8 cm³/mol. The van der Waals surface area contributed by atoms with Crippen molar-refractivity contribution in [3.05, 3.63) is 60.2 Å². The Morgan fingerprint density at radius 3 is 2.67 bits per heavy atom. The molecular weight excluding hydrogens is 304 g/mol. The van der Waals surface area contributed by atoms with Crippen molar-refractivity contribution in [1.29, 1.82) is 0 Å². The van der Waals surface area contributed by atoms with Crippen LogP contribution in [0.4, 0.5) is 5.69 Å². The number of imide groups is 1. The molecule has 1 fully saturated rings. The minimum absolute atomic E-state index is 0.128. The van der Waals surface area contributed by atoms with Crippen LogP contribution < -0.4 is 15.0 Å². The van der Waals surface area contributed by atoms with Crippen LogP contribution in [0.3, 0.4) is 0 Å². The number of quaternary nitrogens is 1. The van der Waals surface area contributed by atoms with Gasteiger partial charge in [-0.2, -0.15) is 0 Å². The fourth-order valence-electron chi connectivity index (χ4n) is 2.97. The van der Waals surface area contributed by atoms with Crippen LogP contribution in [-0.2, 0) is 16.0 Å². The number of carbonyl (C=O) groups excluding carboxylic acids is 2. The van der Waals surface area contributed by atoms with Gasteiger partial charge in [0.2, 0.25) is 5.91 Å². The van der Waals surface area contributed by atoms with E-state index in [0.717, 1.165) is 24.3 Å². The Hall–Kier alpha value is -2.66. The van der Waals surface area contributed by atoms with E-state index in [0.29, 0.717) is 5.69 Å². The van der Waals surface area contributed by atoms with Crippen LogP contribution in [0.1, 0.15) is 12.0 Å². The monoisotopic (exact) mass is 325 g/mol. The Morgan fingerprint density at radius 2 is 1.92 bits per heavy atom. The number of para-hydroxylation sites is 1.